The first kappa shape index (κ1) is 12.6. The van der Waals surface area contributed by atoms with Gasteiger partial charge in [0, 0.05) is 12.1 Å². The molecule has 0 aliphatic heterocycles. The highest BCUT2D eigenvalue weighted by Gasteiger charge is 2.13. The molecule has 0 spiro atoms. The molecule has 0 saturated heterocycles. The van der Waals surface area contributed by atoms with Gasteiger partial charge in [0.2, 0.25) is 0 Å². The van der Waals surface area contributed by atoms with Crippen molar-refractivity contribution >= 4 is 0 Å². The minimum absolute atomic E-state index is 0.799. The van der Waals surface area contributed by atoms with Gasteiger partial charge in [-0.1, -0.05) is 5.16 Å². The number of aromatic nitrogens is 1. The summed E-state index contributed by atoms with van der Waals surface area (Å²) in [6.07, 6.45) is 0. The van der Waals surface area contributed by atoms with E-state index in [1.54, 1.807) is 7.11 Å². The van der Waals surface area contributed by atoms with Gasteiger partial charge in [-0.05, 0) is 50.2 Å². The normalized spacial score (nSPS) is 10.7. The van der Waals surface area contributed by atoms with E-state index in [4.69, 9.17) is 9.26 Å². The van der Waals surface area contributed by atoms with Crippen molar-refractivity contribution in [1.29, 1.82) is 0 Å². The van der Waals surface area contributed by atoms with E-state index >= 15 is 0 Å². The van der Waals surface area contributed by atoms with Crippen molar-refractivity contribution in [2.75, 3.05) is 14.2 Å². The Morgan fingerprint density at radius 1 is 1.28 bits per heavy atom. The van der Waals surface area contributed by atoms with Crippen LogP contribution in [0.2, 0.25) is 0 Å². The molecule has 0 aliphatic rings. The SMILES string of the molecule is CNCc1cc(OC)cc(-c2c(C)noc2C)c1. The van der Waals surface area contributed by atoms with E-state index in [2.05, 4.69) is 16.5 Å². The van der Waals surface area contributed by atoms with Crippen LogP contribution in [0.5, 0.6) is 5.75 Å². The lowest BCUT2D eigenvalue weighted by Gasteiger charge is -2.08. The van der Waals surface area contributed by atoms with Crippen LogP contribution in [0.15, 0.2) is 22.7 Å². The first-order chi connectivity index (χ1) is 8.65. The molecule has 1 aromatic carbocycles. The Balaban J connectivity index is 2.53. The summed E-state index contributed by atoms with van der Waals surface area (Å²) in [7, 11) is 3.60. The number of hydrogen-bond acceptors (Lipinski definition) is 4. The Hall–Kier alpha value is -1.81. The number of nitrogens with zero attached hydrogens (tertiary/aromatic N) is 1. The molecule has 1 aromatic heterocycles. The predicted molar refractivity (Wildman–Crippen MR) is 70.7 cm³/mol. The molecule has 1 heterocycles. The lowest BCUT2D eigenvalue weighted by atomic mass is 10.0. The molecule has 0 unspecified atom stereocenters. The van der Waals surface area contributed by atoms with Crippen molar-refractivity contribution in [3.63, 3.8) is 0 Å². The van der Waals surface area contributed by atoms with Crippen LogP contribution in [0.1, 0.15) is 17.0 Å². The zero-order chi connectivity index (χ0) is 13.1. The van der Waals surface area contributed by atoms with Crippen molar-refractivity contribution in [1.82, 2.24) is 10.5 Å². The second-order valence-corrected chi connectivity index (χ2v) is 4.30. The number of ether oxygens (including phenoxy) is 1. The highest BCUT2D eigenvalue weighted by molar-refractivity contribution is 5.69. The maximum absolute atomic E-state index is 5.34. The molecule has 0 saturated carbocycles. The quantitative estimate of drug-likeness (QED) is 0.901. The van der Waals surface area contributed by atoms with Gasteiger partial charge in [-0.2, -0.15) is 0 Å². The zero-order valence-electron chi connectivity index (χ0n) is 11.2. The van der Waals surface area contributed by atoms with Gasteiger partial charge in [-0.15, -0.1) is 0 Å². The van der Waals surface area contributed by atoms with Crippen LogP contribution in [0, 0.1) is 13.8 Å². The molecule has 2 rings (SSSR count). The third-order valence-corrected chi connectivity index (χ3v) is 2.90. The fraction of sp³-hybridized carbons (Fsp3) is 0.357. The molecule has 18 heavy (non-hydrogen) atoms. The van der Waals surface area contributed by atoms with Gasteiger partial charge in [0.15, 0.2) is 0 Å². The predicted octanol–water partition coefficient (Wildman–Crippen LogP) is 2.69. The van der Waals surface area contributed by atoms with E-state index in [1.165, 1.54) is 5.56 Å². The lowest BCUT2D eigenvalue weighted by molar-refractivity contribution is 0.393. The van der Waals surface area contributed by atoms with E-state index in [1.807, 2.05) is 33.0 Å². The maximum Gasteiger partial charge on any atom is 0.141 e. The average Bonchev–Trinajstić information content (AvgIpc) is 2.69. The van der Waals surface area contributed by atoms with Crippen LogP contribution >= 0.6 is 0 Å². The molecule has 96 valence electrons. The largest absolute Gasteiger partial charge is 0.497 e. The van der Waals surface area contributed by atoms with Crippen molar-refractivity contribution < 1.29 is 9.26 Å². The van der Waals surface area contributed by atoms with E-state index in [9.17, 15) is 0 Å². The third-order valence-electron chi connectivity index (χ3n) is 2.90. The average molecular weight is 246 g/mol. The smallest absolute Gasteiger partial charge is 0.141 e. The number of nitrogens with one attached hydrogen (secondary N) is 1. The highest BCUT2D eigenvalue weighted by Crippen LogP contribution is 2.30. The molecule has 4 heteroatoms. The van der Waals surface area contributed by atoms with Crippen molar-refractivity contribution in [3.8, 4) is 16.9 Å². The molecule has 1 N–H and O–H groups in total. The number of aryl methyl sites for hydroxylation is 2. The second kappa shape index (κ2) is 5.23. The van der Waals surface area contributed by atoms with E-state index in [0.717, 1.165) is 34.9 Å². The van der Waals surface area contributed by atoms with Crippen LogP contribution in [0.4, 0.5) is 0 Å². The van der Waals surface area contributed by atoms with E-state index in [0.29, 0.717) is 0 Å². The number of hydrogen-bond donors (Lipinski definition) is 1. The number of benzene rings is 1. The van der Waals surface area contributed by atoms with Crippen molar-refractivity contribution in [2.24, 2.45) is 0 Å². The lowest BCUT2D eigenvalue weighted by Crippen LogP contribution is -2.05. The maximum atomic E-state index is 5.34. The van der Waals surface area contributed by atoms with Gasteiger partial charge in [0.05, 0.1) is 12.8 Å². The molecule has 0 atom stereocenters. The Morgan fingerprint density at radius 2 is 2.06 bits per heavy atom. The second-order valence-electron chi connectivity index (χ2n) is 4.30. The Morgan fingerprint density at radius 3 is 2.61 bits per heavy atom. The monoisotopic (exact) mass is 246 g/mol. The summed E-state index contributed by atoms with van der Waals surface area (Å²) in [5.41, 5.74) is 4.20. The Labute approximate surface area is 107 Å². The molecule has 0 fully saturated rings. The summed E-state index contributed by atoms with van der Waals surface area (Å²) < 4.78 is 10.6. The summed E-state index contributed by atoms with van der Waals surface area (Å²) in [6.45, 7) is 4.67. The Kier molecular flexibility index (Phi) is 3.67. The zero-order valence-corrected chi connectivity index (χ0v) is 11.2. The first-order valence-electron chi connectivity index (χ1n) is 5.91. The standard InChI is InChI=1S/C14H18N2O2/c1-9-14(10(2)18-16-9)12-5-11(8-15-3)6-13(7-12)17-4/h5-7,15H,8H2,1-4H3. The number of rotatable bonds is 4. The van der Waals surface area contributed by atoms with Crippen LogP contribution in [0.25, 0.3) is 11.1 Å². The fourth-order valence-corrected chi connectivity index (χ4v) is 2.12. The summed E-state index contributed by atoms with van der Waals surface area (Å²) >= 11 is 0. The minimum atomic E-state index is 0.799. The molecular formula is C14H18N2O2. The van der Waals surface area contributed by atoms with Crippen molar-refractivity contribution in [3.05, 3.63) is 35.2 Å². The summed E-state index contributed by atoms with van der Waals surface area (Å²) in [4.78, 5) is 0. The van der Waals surface area contributed by atoms with Gasteiger partial charge >= 0.3 is 0 Å². The Bertz CT molecular complexity index is 527. The molecule has 0 bridgehead atoms. The van der Waals surface area contributed by atoms with Crippen LogP contribution in [-0.4, -0.2) is 19.3 Å². The van der Waals surface area contributed by atoms with E-state index < -0.39 is 0 Å². The van der Waals surface area contributed by atoms with E-state index in [-0.39, 0.29) is 0 Å². The van der Waals surface area contributed by atoms with Gasteiger partial charge in [-0.3, -0.25) is 0 Å². The summed E-state index contributed by atoms with van der Waals surface area (Å²) in [5, 5.41) is 7.13. The molecular weight excluding hydrogens is 228 g/mol. The summed E-state index contributed by atoms with van der Waals surface area (Å²) in [6, 6.07) is 6.16. The molecule has 0 radical (unpaired) electrons. The molecule has 0 aliphatic carbocycles. The fourth-order valence-electron chi connectivity index (χ4n) is 2.12. The van der Waals surface area contributed by atoms with Crippen LogP contribution in [0.3, 0.4) is 0 Å². The van der Waals surface area contributed by atoms with Crippen molar-refractivity contribution in [2.45, 2.75) is 20.4 Å². The van der Waals surface area contributed by atoms with Gasteiger partial charge in [0.1, 0.15) is 11.5 Å². The molecule has 4 nitrogen and oxygen atoms in total. The summed E-state index contributed by atoms with van der Waals surface area (Å²) in [5.74, 6) is 1.67. The third kappa shape index (κ3) is 2.38. The minimum Gasteiger partial charge on any atom is -0.497 e. The van der Waals surface area contributed by atoms with Gasteiger partial charge < -0.3 is 14.6 Å². The van der Waals surface area contributed by atoms with Crippen LogP contribution < -0.4 is 10.1 Å². The van der Waals surface area contributed by atoms with Gasteiger partial charge in [-0.25, -0.2) is 0 Å². The van der Waals surface area contributed by atoms with Crippen LogP contribution in [-0.2, 0) is 6.54 Å². The highest BCUT2D eigenvalue weighted by atomic mass is 16.5. The van der Waals surface area contributed by atoms with Gasteiger partial charge in [0.25, 0.3) is 0 Å². The molecule has 0 amide bonds. The first-order valence-corrected chi connectivity index (χ1v) is 5.91. The topological polar surface area (TPSA) is 47.3 Å². The number of methoxy groups -OCH3 is 1. The molecule has 2 aromatic rings.